The lowest BCUT2D eigenvalue weighted by Gasteiger charge is -2.01. The van der Waals surface area contributed by atoms with E-state index < -0.39 is 6.10 Å². The molecule has 1 rings (SSSR count). The molecule has 0 aliphatic carbocycles. The number of hydrogen-bond acceptors (Lipinski definition) is 2. The highest BCUT2D eigenvalue weighted by molar-refractivity contribution is 7.16. The van der Waals surface area contributed by atoms with Gasteiger partial charge >= 0.3 is 0 Å². The molecule has 1 aromatic rings. The van der Waals surface area contributed by atoms with Gasteiger partial charge in [0.2, 0.25) is 0 Å². The molecule has 0 aliphatic rings. The summed E-state index contributed by atoms with van der Waals surface area (Å²) in [5.74, 6) is 2.39. The van der Waals surface area contributed by atoms with Gasteiger partial charge in [0.15, 0.2) is 0 Å². The van der Waals surface area contributed by atoms with Crippen LogP contribution in [-0.4, -0.2) is 5.11 Å². The van der Waals surface area contributed by atoms with Crippen molar-refractivity contribution in [2.24, 2.45) is 0 Å². The summed E-state index contributed by atoms with van der Waals surface area (Å²) in [5.41, 5.74) is 0. The highest BCUT2D eigenvalue weighted by Gasteiger charge is 2.07. The summed E-state index contributed by atoms with van der Waals surface area (Å²) in [5, 5.41) is 9.34. The summed E-state index contributed by atoms with van der Waals surface area (Å²) in [6, 6.07) is 3.54. The molecule has 1 nitrogen and oxygen atoms in total. The summed E-state index contributed by atoms with van der Waals surface area (Å²) >= 11 is 7.02. The number of hydrogen-bond donors (Lipinski definition) is 1. The molecule has 1 aromatic heterocycles. The lowest BCUT2D eigenvalue weighted by molar-refractivity contribution is 0.188. The van der Waals surface area contributed by atoms with E-state index in [4.69, 9.17) is 18.0 Å². The van der Waals surface area contributed by atoms with E-state index >= 15 is 0 Å². The van der Waals surface area contributed by atoms with E-state index in [1.165, 1.54) is 11.3 Å². The number of thiophene rings is 1. The Bertz CT molecular complexity index is 274. The number of halogens is 1. The fourth-order valence-electron chi connectivity index (χ4n) is 0.720. The molecular formula is C8H7ClOS. The van der Waals surface area contributed by atoms with Gasteiger partial charge in [-0.2, -0.15) is 0 Å². The van der Waals surface area contributed by atoms with Crippen molar-refractivity contribution in [2.75, 3.05) is 0 Å². The zero-order valence-corrected chi connectivity index (χ0v) is 7.32. The molecule has 1 heterocycles. The van der Waals surface area contributed by atoms with E-state index in [1.54, 1.807) is 12.1 Å². The fourth-order valence-corrected chi connectivity index (χ4v) is 1.77. The number of aliphatic hydroxyl groups excluding tert-OH is 1. The zero-order valence-electron chi connectivity index (χ0n) is 5.75. The van der Waals surface area contributed by atoms with E-state index in [2.05, 4.69) is 5.92 Å². The van der Waals surface area contributed by atoms with Gasteiger partial charge in [-0.25, -0.2) is 0 Å². The van der Waals surface area contributed by atoms with E-state index in [0.717, 1.165) is 4.88 Å². The molecular weight excluding hydrogens is 180 g/mol. The molecule has 0 fully saturated rings. The molecule has 0 radical (unpaired) electrons. The average molecular weight is 187 g/mol. The van der Waals surface area contributed by atoms with E-state index in [1.807, 2.05) is 0 Å². The minimum atomic E-state index is -0.558. The van der Waals surface area contributed by atoms with Crippen LogP contribution in [-0.2, 0) is 0 Å². The minimum absolute atomic E-state index is 0.344. The zero-order chi connectivity index (χ0) is 8.27. The van der Waals surface area contributed by atoms with Crippen molar-refractivity contribution in [2.45, 2.75) is 12.5 Å². The third-order valence-electron chi connectivity index (χ3n) is 1.23. The molecule has 58 valence electrons. The normalized spacial score (nSPS) is 12.5. The molecule has 0 aliphatic heterocycles. The van der Waals surface area contributed by atoms with Crippen LogP contribution in [0.2, 0.25) is 4.34 Å². The maximum absolute atomic E-state index is 9.34. The second-order valence-electron chi connectivity index (χ2n) is 2.07. The Morgan fingerprint density at radius 1 is 1.73 bits per heavy atom. The van der Waals surface area contributed by atoms with Crippen LogP contribution in [0.5, 0.6) is 0 Å². The van der Waals surface area contributed by atoms with Crippen molar-refractivity contribution in [3.8, 4) is 12.3 Å². The standard InChI is InChI=1S/C8H7ClOS/c1-2-3-6(10)7-4-5-8(9)11-7/h1,4-6,10H,3H2. The smallest absolute Gasteiger partial charge is 0.0991 e. The first-order chi connectivity index (χ1) is 5.24. The maximum atomic E-state index is 9.34. The van der Waals surface area contributed by atoms with Crippen LogP contribution in [0.15, 0.2) is 12.1 Å². The first-order valence-electron chi connectivity index (χ1n) is 3.11. The van der Waals surface area contributed by atoms with Crippen molar-refractivity contribution in [1.29, 1.82) is 0 Å². The van der Waals surface area contributed by atoms with Gasteiger partial charge in [0, 0.05) is 11.3 Å². The molecule has 1 atom stereocenters. The third kappa shape index (κ3) is 2.23. The Morgan fingerprint density at radius 3 is 2.91 bits per heavy atom. The maximum Gasteiger partial charge on any atom is 0.0991 e. The van der Waals surface area contributed by atoms with Crippen LogP contribution >= 0.6 is 22.9 Å². The second-order valence-corrected chi connectivity index (χ2v) is 3.81. The monoisotopic (exact) mass is 186 g/mol. The van der Waals surface area contributed by atoms with Gasteiger partial charge in [-0.1, -0.05) is 11.6 Å². The van der Waals surface area contributed by atoms with Gasteiger partial charge in [-0.15, -0.1) is 23.7 Å². The molecule has 0 aromatic carbocycles. The Balaban J connectivity index is 2.70. The summed E-state index contributed by atoms with van der Waals surface area (Å²) in [6.07, 6.45) is 4.82. The molecule has 3 heteroatoms. The van der Waals surface area contributed by atoms with E-state index in [9.17, 15) is 5.11 Å². The first-order valence-corrected chi connectivity index (χ1v) is 4.30. The molecule has 0 bridgehead atoms. The van der Waals surface area contributed by atoms with Crippen LogP contribution in [0.1, 0.15) is 17.4 Å². The molecule has 1 N–H and O–H groups in total. The lowest BCUT2D eigenvalue weighted by atomic mass is 10.2. The highest BCUT2D eigenvalue weighted by Crippen LogP contribution is 2.27. The number of rotatable bonds is 2. The van der Waals surface area contributed by atoms with Crippen molar-refractivity contribution in [3.63, 3.8) is 0 Å². The Labute approximate surface area is 74.6 Å². The van der Waals surface area contributed by atoms with Crippen molar-refractivity contribution in [3.05, 3.63) is 21.3 Å². The topological polar surface area (TPSA) is 20.2 Å². The summed E-state index contributed by atoms with van der Waals surface area (Å²) in [4.78, 5) is 0.827. The van der Waals surface area contributed by atoms with E-state index in [-0.39, 0.29) is 0 Å². The molecule has 0 saturated heterocycles. The Hall–Kier alpha value is -0.490. The van der Waals surface area contributed by atoms with Crippen molar-refractivity contribution in [1.82, 2.24) is 0 Å². The van der Waals surface area contributed by atoms with Gasteiger partial charge in [-0.3, -0.25) is 0 Å². The van der Waals surface area contributed by atoms with Crippen LogP contribution in [0.4, 0.5) is 0 Å². The summed E-state index contributed by atoms with van der Waals surface area (Å²) in [7, 11) is 0. The lowest BCUT2D eigenvalue weighted by Crippen LogP contribution is -1.90. The van der Waals surface area contributed by atoms with Crippen LogP contribution in [0.3, 0.4) is 0 Å². The average Bonchev–Trinajstić information content (AvgIpc) is 2.36. The largest absolute Gasteiger partial charge is 0.387 e. The van der Waals surface area contributed by atoms with Gasteiger partial charge < -0.3 is 5.11 Å². The van der Waals surface area contributed by atoms with Crippen LogP contribution < -0.4 is 0 Å². The number of aliphatic hydroxyl groups is 1. The Kier molecular flexibility index (Phi) is 2.95. The quantitative estimate of drug-likeness (QED) is 0.704. The molecule has 1 unspecified atom stereocenters. The predicted molar refractivity (Wildman–Crippen MR) is 47.7 cm³/mol. The van der Waals surface area contributed by atoms with Gasteiger partial charge in [0.1, 0.15) is 0 Å². The van der Waals surface area contributed by atoms with Crippen molar-refractivity contribution >= 4 is 22.9 Å². The van der Waals surface area contributed by atoms with Crippen molar-refractivity contribution < 1.29 is 5.11 Å². The van der Waals surface area contributed by atoms with Gasteiger partial charge in [-0.05, 0) is 12.1 Å². The van der Waals surface area contributed by atoms with Gasteiger partial charge in [0.05, 0.1) is 10.4 Å². The SMILES string of the molecule is C#CCC(O)c1ccc(Cl)s1. The highest BCUT2D eigenvalue weighted by atomic mass is 35.5. The minimum Gasteiger partial charge on any atom is -0.387 e. The molecule has 11 heavy (non-hydrogen) atoms. The van der Waals surface area contributed by atoms with Crippen LogP contribution in [0.25, 0.3) is 0 Å². The molecule has 0 amide bonds. The summed E-state index contributed by atoms with van der Waals surface area (Å²) in [6.45, 7) is 0. The third-order valence-corrected chi connectivity index (χ3v) is 2.57. The summed E-state index contributed by atoms with van der Waals surface area (Å²) < 4.78 is 0.677. The second kappa shape index (κ2) is 3.77. The Morgan fingerprint density at radius 2 is 2.45 bits per heavy atom. The van der Waals surface area contributed by atoms with Crippen LogP contribution in [0, 0.1) is 12.3 Å². The first kappa shape index (κ1) is 8.61. The molecule has 0 saturated carbocycles. The van der Waals surface area contributed by atoms with Gasteiger partial charge in [0.25, 0.3) is 0 Å². The molecule has 0 spiro atoms. The predicted octanol–water partition coefficient (Wildman–Crippen LogP) is 2.46. The fraction of sp³-hybridized carbons (Fsp3) is 0.250. The van der Waals surface area contributed by atoms with E-state index in [0.29, 0.717) is 10.8 Å². The number of terminal acetylenes is 1.